The van der Waals surface area contributed by atoms with E-state index in [1.807, 2.05) is 6.92 Å². The van der Waals surface area contributed by atoms with E-state index in [4.69, 9.17) is 9.47 Å². The van der Waals surface area contributed by atoms with Crippen molar-refractivity contribution in [2.24, 2.45) is 0 Å². The number of rotatable bonds is 5. The maximum atomic E-state index is 13.6. The molecule has 1 aromatic rings. The summed E-state index contributed by atoms with van der Waals surface area (Å²) in [4.78, 5) is 12.5. The molecule has 0 saturated carbocycles. The smallest absolute Gasteiger partial charge is 0.169 e. The Morgan fingerprint density at radius 1 is 1.37 bits per heavy atom. The normalized spacial score (nSPS) is 18.2. The largest absolute Gasteiger partial charge is 0.381 e. The monoisotopic (exact) mass is 266 g/mol. The van der Waals surface area contributed by atoms with Gasteiger partial charge in [-0.15, -0.1) is 0 Å². The van der Waals surface area contributed by atoms with Crippen LogP contribution in [0.5, 0.6) is 0 Å². The molecule has 0 aromatic heterocycles. The first kappa shape index (κ1) is 14.2. The molecule has 2 rings (SSSR count). The zero-order valence-electron chi connectivity index (χ0n) is 11.2. The van der Waals surface area contributed by atoms with E-state index in [-0.39, 0.29) is 18.0 Å². The van der Waals surface area contributed by atoms with E-state index in [2.05, 4.69) is 0 Å². The number of benzene rings is 1. The Kier molecular flexibility index (Phi) is 4.66. The number of Topliss-reactive ketones (excluding diaryl/α,β-unsaturated/α-hetero) is 1. The lowest BCUT2D eigenvalue weighted by atomic mass is 9.86. The van der Waals surface area contributed by atoms with Crippen molar-refractivity contribution in [2.75, 3.05) is 19.8 Å². The van der Waals surface area contributed by atoms with Crippen LogP contribution in [0.2, 0.25) is 0 Å². The zero-order chi connectivity index (χ0) is 13.7. The van der Waals surface area contributed by atoms with E-state index in [0.29, 0.717) is 38.2 Å². The van der Waals surface area contributed by atoms with Crippen LogP contribution in [0.25, 0.3) is 0 Å². The van der Waals surface area contributed by atoms with E-state index in [1.54, 1.807) is 18.2 Å². The Balaban J connectivity index is 2.14. The highest BCUT2D eigenvalue weighted by Gasteiger charge is 2.40. The van der Waals surface area contributed by atoms with Gasteiger partial charge in [0, 0.05) is 39.1 Å². The van der Waals surface area contributed by atoms with Gasteiger partial charge in [0.15, 0.2) is 5.78 Å². The summed E-state index contributed by atoms with van der Waals surface area (Å²) in [6.45, 7) is 3.38. The van der Waals surface area contributed by atoms with E-state index in [9.17, 15) is 9.18 Å². The molecule has 0 bridgehead atoms. The maximum absolute atomic E-state index is 13.6. The van der Waals surface area contributed by atoms with E-state index >= 15 is 0 Å². The summed E-state index contributed by atoms with van der Waals surface area (Å²) < 4.78 is 24.6. The van der Waals surface area contributed by atoms with Gasteiger partial charge in [-0.2, -0.15) is 0 Å². The number of hydrogen-bond acceptors (Lipinski definition) is 3. The van der Waals surface area contributed by atoms with Gasteiger partial charge in [-0.05, 0) is 18.6 Å². The Hall–Kier alpha value is -1.26. The highest BCUT2D eigenvalue weighted by Crippen LogP contribution is 2.28. The number of ketones is 1. The summed E-state index contributed by atoms with van der Waals surface area (Å²) in [5.74, 6) is -0.391. The first-order valence-corrected chi connectivity index (χ1v) is 6.66. The van der Waals surface area contributed by atoms with Gasteiger partial charge in [-0.25, -0.2) is 4.39 Å². The van der Waals surface area contributed by atoms with Crippen molar-refractivity contribution in [1.29, 1.82) is 0 Å². The lowest BCUT2D eigenvalue weighted by Crippen LogP contribution is -2.47. The molecule has 1 aromatic carbocycles. The molecule has 0 amide bonds. The summed E-state index contributed by atoms with van der Waals surface area (Å²) in [6, 6.07) is 6.38. The Morgan fingerprint density at radius 3 is 2.68 bits per heavy atom. The molecule has 3 nitrogen and oxygen atoms in total. The molecule has 1 aliphatic heterocycles. The fourth-order valence-electron chi connectivity index (χ4n) is 2.46. The number of hydrogen-bond donors (Lipinski definition) is 0. The van der Waals surface area contributed by atoms with Crippen LogP contribution in [0.1, 0.15) is 25.3 Å². The Morgan fingerprint density at radius 2 is 2.05 bits per heavy atom. The predicted molar refractivity (Wildman–Crippen MR) is 69.5 cm³/mol. The van der Waals surface area contributed by atoms with Gasteiger partial charge in [0.2, 0.25) is 0 Å². The van der Waals surface area contributed by atoms with Crippen LogP contribution in [0.4, 0.5) is 4.39 Å². The predicted octanol–water partition coefficient (Wildman–Crippen LogP) is 2.52. The zero-order valence-corrected chi connectivity index (χ0v) is 11.2. The second-order valence-corrected chi connectivity index (χ2v) is 4.73. The lowest BCUT2D eigenvalue weighted by molar-refractivity contribution is -0.156. The first-order valence-electron chi connectivity index (χ1n) is 6.66. The lowest BCUT2D eigenvalue weighted by Gasteiger charge is -2.35. The third-order valence-corrected chi connectivity index (χ3v) is 3.54. The third-order valence-electron chi connectivity index (χ3n) is 3.54. The van der Waals surface area contributed by atoms with Crippen molar-refractivity contribution in [1.82, 2.24) is 0 Å². The molecule has 1 aliphatic rings. The highest BCUT2D eigenvalue weighted by molar-refractivity contribution is 5.89. The molecule has 0 spiro atoms. The van der Waals surface area contributed by atoms with Gasteiger partial charge in [-0.3, -0.25) is 4.79 Å². The standard InChI is InChI=1S/C15H19FO3/c1-2-19-15(7-9-18-10-8-15)14(17)11-12-5-3-4-6-13(12)16/h3-6H,2,7-11H2,1H3. The van der Waals surface area contributed by atoms with Crippen LogP contribution >= 0.6 is 0 Å². The molecule has 4 heteroatoms. The molecular weight excluding hydrogens is 247 g/mol. The summed E-state index contributed by atoms with van der Waals surface area (Å²) in [5.41, 5.74) is -0.368. The van der Waals surface area contributed by atoms with E-state index in [1.165, 1.54) is 6.07 Å². The van der Waals surface area contributed by atoms with Gasteiger partial charge in [-0.1, -0.05) is 18.2 Å². The number of carbonyl (C=O) groups excluding carboxylic acids is 1. The quantitative estimate of drug-likeness (QED) is 0.821. The summed E-state index contributed by atoms with van der Waals surface area (Å²) in [7, 11) is 0. The minimum absolute atomic E-state index is 0.0530. The van der Waals surface area contributed by atoms with Crippen molar-refractivity contribution in [3.8, 4) is 0 Å². The van der Waals surface area contributed by atoms with Gasteiger partial charge in [0.25, 0.3) is 0 Å². The number of halogens is 1. The minimum Gasteiger partial charge on any atom is -0.381 e. The fraction of sp³-hybridized carbons (Fsp3) is 0.533. The van der Waals surface area contributed by atoms with Crippen LogP contribution < -0.4 is 0 Å². The van der Waals surface area contributed by atoms with Crippen molar-refractivity contribution in [3.63, 3.8) is 0 Å². The van der Waals surface area contributed by atoms with Crippen LogP contribution in [0.3, 0.4) is 0 Å². The fourth-order valence-corrected chi connectivity index (χ4v) is 2.46. The number of ether oxygens (including phenoxy) is 2. The molecule has 104 valence electrons. The van der Waals surface area contributed by atoms with Crippen molar-refractivity contribution in [2.45, 2.75) is 31.8 Å². The van der Waals surface area contributed by atoms with Gasteiger partial charge < -0.3 is 9.47 Å². The molecule has 0 atom stereocenters. The van der Waals surface area contributed by atoms with Crippen LogP contribution in [0.15, 0.2) is 24.3 Å². The van der Waals surface area contributed by atoms with Crippen molar-refractivity contribution < 1.29 is 18.7 Å². The average Bonchev–Trinajstić information content (AvgIpc) is 2.42. The SMILES string of the molecule is CCOC1(C(=O)Cc2ccccc2F)CCOCC1. The van der Waals surface area contributed by atoms with E-state index < -0.39 is 5.60 Å². The second kappa shape index (κ2) is 6.26. The molecule has 1 fully saturated rings. The molecule has 19 heavy (non-hydrogen) atoms. The molecular formula is C15H19FO3. The molecule has 0 N–H and O–H groups in total. The molecule has 0 unspecified atom stereocenters. The highest BCUT2D eigenvalue weighted by atomic mass is 19.1. The topological polar surface area (TPSA) is 35.5 Å². The summed E-state index contributed by atoms with van der Waals surface area (Å²) >= 11 is 0. The molecule has 1 heterocycles. The molecule has 1 saturated heterocycles. The second-order valence-electron chi connectivity index (χ2n) is 4.73. The van der Waals surface area contributed by atoms with E-state index in [0.717, 1.165) is 0 Å². The number of carbonyl (C=O) groups is 1. The molecule has 0 radical (unpaired) electrons. The third kappa shape index (κ3) is 3.19. The van der Waals surface area contributed by atoms with Gasteiger partial charge in [0.05, 0.1) is 0 Å². The minimum atomic E-state index is -0.796. The Bertz CT molecular complexity index is 433. The van der Waals surface area contributed by atoms with Crippen molar-refractivity contribution in [3.05, 3.63) is 35.6 Å². The molecule has 0 aliphatic carbocycles. The Labute approximate surface area is 112 Å². The van der Waals surface area contributed by atoms with Crippen LogP contribution in [0, 0.1) is 5.82 Å². The van der Waals surface area contributed by atoms with Crippen molar-refractivity contribution >= 4 is 5.78 Å². The van der Waals surface area contributed by atoms with Gasteiger partial charge >= 0.3 is 0 Å². The van der Waals surface area contributed by atoms with Gasteiger partial charge in [0.1, 0.15) is 11.4 Å². The maximum Gasteiger partial charge on any atom is 0.169 e. The summed E-state index contributed by atoms with van der Waals surface area (Å²) in [5, 5.41) is 0. The summed E-state index contributed by atoms with van der Waals surface area (Å²) in [6.07, 6.45) is 1.18. The average molecular weight is 266 g/mol. The van der Waals surface area contributed by atoms with Crippen LogP contribution in [-0.4, -0.2) is 31.2 Å². The first-order chi connectivity index (χ1) is 9.18. The van der Waals surface area contributed by atoms with Crippen LogP contribution in [-0.2, 0) is 20.7 Å².